The van der Waals surface area contributed by atoms with Gasteiger partial charge in [0.1, 0.15) is 12.2 Å². The zero-order valence-electron chi connectivity index (χ0n) is 8.27. The summed E-state index contributed by atoms with van der Waals surface area (Å²) in [5, 5.41) is 25.8. The summed E-state index contributed by atoms with van der Waals surface area (Å²) in [5.74, 6) is 0. The fraction of sp³-hybridized carbons (Fsp3) is 1.00. The van der Waals surface area contributed by atoms with Crippen LogP contribution in [0.5, 0.6) is 0 Å². The van der Waals surface area contributed by atoms with Crippen molar-refractivity contribution in [2.24, 2.45) is 0 Å². The van der Waals surface area contributed by atoms with E-state index in [9.17, 15) is 4.57 Å². The van der Waals surface area contributed by atoms with E-state index in [0.29, 0.717) is 0 Å². The molecule has 0 radical (unpaired) electrons. The molecule has 106 valence electrons. The van der Waals surface area contributed by atoms with Gasteiger partial charge in [0.25, 0.3) is 0 Å². The highest BCUT2D eigenvalue weighted by atomic mass is 31.2. The maximum atomic E-state index is 10.1. The van der Waals surface area contributed by atoms with Crippen LogP contribution in [0.4, 0.5) is 0 Å². The lowest BCUT2D eigenvalue weighted by atomic mass is 10.2. The Morgan fingerprint density at radius 1 is 0.941 bits per heavy atom. The normalized spacial score (nSPS) is 15.8. The van der Waals surface area contributed by atoms with Crippen molar-refractivity contribution in [3.05, 3.63) is 0 Å². The fourth-order valence-corrected chi connectivity index (χ4v) is 0.753. The highest BCUT2D eigenvalue weighted by Crippen LogP contribution is 2.35. The second-order valence-corrected chi connectivity index (χ2v) is 4.88. The van der Waals surface area contributed by atoms with Crippen LogP contribution in [0.2, 0.25) is 0 Å². The average Bonchev–Trinajstić information content (AvgIpc) is 2.09. The molecule has 0 saturated carbocycles. The summed E-state index contributed by atoms with van der Waals surface area (Å²) in [4.78, 5) is 37.9. The summed E-state index contributed by atoms with van der Waals surface area (Å²) in [7, 11) is -9.26. The van der Waals surface area contributed by atoms with Crippen molar-refractivity contribution in [1.82, 2.24) is 0 Å². The van der Waals surface area contributed by atoms with E-state index in [1.54, 1.807) is 0 Å². The van der Waals surface area contributed by atoms with Crippen LogP contribution < -0.4 is 0 Å². The van der Waals surface area contributed by atoms with Gasteiger partial charge in [0.2, 0.25) is 0 Å². The van der Waals surface area contributed by atoms with Crippen LogP contribution in [0.1, 0.15) is 0 Å². The highest BCUT2D eigenvalue weighted by Gasteiger charge is 2.21. The lowest BCUT2D eigenvalue weighted by molar-refractivity contribution is -0.0381. The average molecular weight is 300 g/mol. The molecule has 0 rings (SSSR count). The maximum Gasteiger partial charge on any atom is 0.469 e. The van der Waals surface area contributed by atoms with Gasteiger partial charge in [-0.15, -0.1) is 0 Å². The Labute approximate surface area is 95.4 Å². The zero-order valence-corrected chi connectivity index (χ0v) is 10.1. The Hall–Kier alpha value is 0.100. The molecule has 0 bridgehead atoms. The number of hydrogen-bond donors (Lipinski definition) is 8. The molecule has 0 aromatic heterocycles. The quantitative estimate of drug-likeness (QED) is 0.238. The van der Waals surface area contributed by atoms with E-state index < -0.39 is 41.1 Å². The lowest BCUT2D eigenvalue weighted by Crippen LogP contribution is -2.32. The minimum absolute atomic E-state index is 0.703. The van der Waals surface area contributed by atoms with Crippen LogP contribution in [0.15, 0.2) is 0 Å². The van der Waals surface area contributed by atoms with Gasteiger partial charge in [-0.2, -0.15) is 0 Å². The molecule has 0 aromatic carbocycles. The van der Waals surface area contributed by atoms with E-state index in [4.69, 9.17) is 44.4 Å². The third kappa shape index (κ3) is 21.9. The lowest BCUT2D eigenvalue weighted by Gasteiger charge is -2.15. The Bertz CT molecular complexity index is 271. The van der Waals surface area contributed by atoms with Crippen molar-refractivity contribution in [3.63, 3.8) is 0 Å². The van der Waals surface area contributed by atoms with E-state index in [2.05, 4.69) is 4.52 Å². The predicted molar refractivity (Wildman–Crippen MR) is 51.4 cm³/mol. The molecular weight excluding hydrogens is 286 g/mol. The number of aliphatic hydroxyl groups is 3. The van der Waals surface area contributed by atoms with Gasteiger partial charge in [-0.25, -0.2) is 9.13 Å². The summed E-state index contributed by atoms with van der Waals surface area (Å²) in [5.41, 5.74) is 0. The highest BCUT2D eigenvalue weighted by molar-refractivity contribution is 7.46. The molecule has 0 aliphatic heterocycles. The second-order valence-electron chi connectivity index (χ2n) is 2.62. The third-order valence-corrected chi connectivity index (χ3v) is 1.53. The molecule has 17 heavy (non-hydrogen) atoms. The van der Waals surface area contributed by atoms with Gasteiger partial charge in [-0.1, -0.05) is 0 Å². The molecule has 13 heteroatoms. The smallest absolute Gasteiger partial charge is 0.394 e. The first-order valence-corrected chi connectivity index (χ1v) is 6.91. The molecule has 0 aliphatic rings. The summed E-state index contributed by atoms with van der Waals surface area (Å²) < 4.78 is 22.8. The SMILES string of the molecule is O=P(O)(O)O.O=P(O)(O)OC[C@@H](O)[C@H](O)CO. The molecule has 0 heterocycles. The maximum absolute atomic E-state index is 10.1. The zero-order chi connectivity index (χ0) is 14.3. The molecule has 0 aliphatic carbocycles. The molecule has 2 atom stereocenters. The van der Waals surface area contributed by atoms with Gasteiger partial charge in [-0.05, 0) is 0 Å². The van der Waals surface area contributed by atoms with Crippen LogP contribution in [0.3, 0.4) is 0 Å². The first-order chi connectivity index (χ1) is 7.37. The Balaban J connectivity index is 0. The monoisotopic (exact) mass is 300 g/mol. The predicted octanol–water partition coefficient (Wildman–Crippen LogP) is -3.12. The number of aliphatic hydroxyl groups excluding tert-OH is 3. The number of hydrogen-bond acceptors (Lipinski definition) is 6. The van der Waals surface area contributed by atoms with Crippen LogP contribution in [0.25, 0.3) is 0 Å². The van der Waals surface area contributed by atoms with E-state index in [-0.39, 0.29) is 0 Å². The summed E-state index contributed by atoms with van der Waals surface area (Å²) in [6.07, 6.45) is -2.97. The minimum Gasteiger partial charge on any atom is -0.394 e. The second kappa shape index (κ2) is 8.25. The molecular formula is C4H14O11P2. The van der Waals surface area contributed by atoms with Gasteiger partial charge in [-0.3, -0.25) is 4.52 Å². The van der Waals surface area contributed by atoms with Crippen LogP contribution in [0, 0.1) is 0 Å². The summed E-state index contributed by atoms with van der Waals surface area (Å²) in [6, 6.07) is 0. The van der Waals surface area contributed by atoms with E-state index in [1.165, 1.54) is 0 Å². The van der Waals surface area contributed by atoms with Gasteiger partial charge in [0.05, 0.1) is 13.2 Å². The molecule has 0 aromatic rings. The molecule has 0 saturated heterocycles. The van der Waals surface area contributed by atoms with E-state index in [1.807, 2.05) is 0 Å². The molecule has 0 spiro atoms. The van der Waals surface area contributed by atoms with Crippen molar-refractivity contribution in [1.29, 1.82) is 0 Å². The van der Waals surface area contributed by atoms with E-state index >= 15 is 0 Å². The fourth-order valence-electron chi connectivity index (χ4n) is 0.406. The van der Waals surface area contributed by atoms with Crippen LogP contribution >= 0.6 is 15.6 Å². The van der Waals surface area contributed by atoms with Gasteiger partial charge >= 0.3 is 15.6 Å². The number of phosphoric ester groups is 1. The molecule has 0 fully saturated rings. The van der Waals surface area contributed by atoms with Gasteiger partial charge in [0, 0.05) is 0 Å². The van der Waals surface area contributed by atoms with Crippen molar-refractivity contribution in [2.45, 2.75) is 12.2 Å². The van der Waals surface area contributed by atoms with E-state index in [0.717, 1.165) is 0 Å². The van der Waals surface area contributed by atoms with Crippen LogP contribution in [-0.2, 0) is 13.7 Å². The van der Waals surface area contributed by atoms with Gasteiger partial charge in [0.15, 0.2) is 0 Å². The first kappa shape index (κ1) is 19.4. The number of rotatable bonds is 5. The molecule has 8 N–H and O–H groups in total. The molecule has 0 amide bonds. The molecule has 11 nitrogen and oxygen atoms in total. The molecule has 0 unspecified atom stereocenters. The van der Waals surface area contributed by atoms with Crippen molar-refractivity contribution >= 4 is 15.6 Å². The largest absolute Gasteiger partial charge is 0.469 e. The third-order valence-electron chi connectivity index (χ3n) is 1.04. The van der Waals surface area contributed by atoms with Crippen LogP contribution in [-0.4, -0.2) is 65.2 Å². The first-order valence-electron chi connectivity index (χ1n) is 3.82. The Kier molecular flexibility index (Phi) is 9.43. The standard InChI is InChI=1S/C4H11O7P.H3O4P/c5-1-3(6)4(7)2-11-12(8,9)10;1-5(2,3)4/h3-7H,1-2H2,(H2,8,9,10);(H3,1,2,3,4)/t3-,4-;/m1./s1. The van der Waals surface area contributed by atoms with Gasteiger partial charge < -0.3 is 39.8 Å². The van der Waals surface area contributed by atoms with Crippen molar-refractivity contribution in [3.8, 4) is 0 Å². The Morgan fingerprint density at radius 2 is 1.29 bits per heavy atom. The summed E-state index contributed by atoms with van der Waals surface area (Å²) >= 11 is 0. The minimum atomic E-state index is -4.64. The van der Waals surface area contributed by atoms with Crippen molar-refractivity contribution in [2.75, 3.05) is 13.2 Å². The Morgan fingerprint density at radius 3 is 1.53 bits per heavy atom. The van der Waals surface area contributed by atoms with Crippen molar-refractivity contribution < 1.29 is 53.4 Å². The topological polar surface area (TPSA) is 205 Å². The number of phosphoric acid groups is 2. The summed E-state index contributed by atoms with van der Waals surface area (Å²) in [6.45, 7) is -1.43.